The van der Waals surface area contributed by atoms with E-state index in [9.17, 15) is 14.0 Å². The summed E-state index contributed by atoms with van der Waals surface area (Å²) >= 11 is 0. The number of nitrogens with zero attached hydrogens (tertiary/aromatic N) is 2. The molecule has 7 heteroatoms. The highest BCUT2D eigenvalue weighted by molar-refractivity contribution is 6.20. The Labute approximate surface area is 197 Å². The molecule has 1 unspecified atom stereocenters. The van der Waals surface area contributed by atoms with Crippen molar-refractivity contribution in [2.45, 2.75) is 25.4 Å². The van der Waals surface area contributed by atoms with Crippen molar-refractivity contribution in [1.82, 2.24) is 5.32 Å². The normalized spacial score (nSPS) is 17.8. The van der Waals surface area contributed by atoms with Gasteiger partial charge in [-0.15, -0.1) is 0 Å². The fraction of sp³-hybridized carbons (Fsp3) is 0.222. The standard InChI is InChI=1S/C27H25FN4O2/c28-19-13-14-21(23(17-19)32-15-7-2-8-16-32)26(33)31-25-27(34)29-22-12-6-5-11-20(22)24(30-25)18-9-3-1-4-10-18/h1,3-6,9-14,17,25H,2,7-8,15-16H2,(H,29,34)(H,31,33). The second-order valence-electron chi connectivity index (χ2n) is 8.46. The topological polar surface area (TPSA) is 73.8 Å². The molecule has 34 heavy (non-hydrogen) atoms. The van der Waals surface area contributed by atoms with Gasteiger partial charge in [0, 0.05) is 24.2 Å². The zero-order valence-corrected chi connectivity index (χ0v) is 18.6. The summed E-state index contributed by atoms with van der Waals surface area (Å²) in [7, 11) is 0. The summed E-state index contributed by atoms with van der Waals surface area (Å²) in [4.78, 5) is 33.1. The molecule has 2 amide bonds. The fourth-order valence-electron chi connectivity index (χ4n) is 4.48. The van der Waals surface area contributed by atoms with E-state index >= 15 is 0 Å². The van der Waals surface area contributed by atoms with Gasteiger partial charge < -0.3 is 15.5 Å². The first kappa shape index (κ1) is 21.8. The molecule has 1 fully saturated rings. The lowest BCUT2D eigenvalue weighted by atomic mass is 10.0. The predicted octanol–water partition coefficient (Wildman–Crippen LogP) is 4.36. The van der Waals surface area contributed by atoms with Gasteiger partial charge in [-0.1, -0.05) is 48.5 Å². The maximum atomic E-state index is 14.1. The van der Waals surface area contributed by atoms with Crippen LogP contribution < -0.4 is 15.5 Å². The minimum Gasteiger partial charge on any atom is -0.371 e. The van der Waals surface area contributed by atoms with Crippen LogP contribution in [-0.2, 0) is 4.79 Å². The van der Waals surface area contributed by atoms with Gasteiger partial charge in [-0.2, -0.15) is 0 Å². The van der Waals surface area contributed by atoms with Crippen molar-refractivity contribution in [2.75, 3.05) is 23.3 Å². The lowest BCUT2D eigenvalue weighted by molar-refractivity contribution is -0.117. The molecule has 1 atom stereocenters. The van der Waals surface area contributed by atoms with Crippen LogP contribution in [0.5, 0.6) is 0 Å². The highest BCUT2D eigenvalue weighted by Crippen LogP contribution is 2.27. The van der Waals surface area contributed by atoms with Crippen LogP contribution in [0.15, 0.2) is 77.8 Å². The molecule has 1 saturated heterocycles. The number of halogens is 1. The summed E-state index contributed by atoms with van der Waals surface area (Å²) in [6.45, 7) is 1.53. The second-order valence-corrected chi connectivity index (χ2v) is 8.46. The number of benzene rings is 3. The van der Waals surface area contributed by atoms with Gasteiger partial charge in [0.1, 0.15) is 5.82 Å². The first-order valence-electron chi connectivity index (χ1n) is 11.5. The molecule has 2 heterocycles. The Morgan fingerprint density at radius 1 is 0.971 bits per heavy atom. The van der Waals surface area contributed by atoms with E-state index in [4.69, 9.17) is 0 Å². The maximum Gasteiger partial charge on any atom is 0.269 e. The number of piperidine rings is 1. The Morgan fingerprint density at radius 2 is 1.71 bits per heavy atom. The van der Waals surface area contributed by atoms with E-state index in [2.05, 4.69) is 15.6 Å². The molecule has 0 saturated carbocycles. The number of fused-ring (bicyclic) bond motifs is 1. The Balaban J connectivity index is 1.50. The van der Waals surface area contributed by atoms with Crippen LogP contribution in [-0.4, -0.2) is 36.8 Å². The number of aliphatic imine (C=N–C) groups is 1. The van der Waals surface area contributed by atoms with Gasteiger partial charge in [-0.05, 0) is 43.5 Å². The number of anilines is 2. The van der Waals surface area contributed by atoms with E-state index in [1.807, 2.05) is 59.5 Å². The van der Waals surface area contributed by atoms with Crippen molar-refractivity contribution in [2.24, 2.45) is 4.99 Å². The molecule has 2 aliphatic heterocycles. The number of carbonyl (C=O) groups is 2. The number of rotatable bonds is 4. The maximum absolute atomic E-state index is 14.1. The molecule has 172 valence electrons. The third-order valence-corrected chi connectivity index (χ3v) is 6.16. The van der Waals surface area contributed by atoms with Crippen molar-refractivity contribution in [1.29, 1.82) is 0 Å². The third kappa shape index (κ3) is 4.41. The summed E-state index contributed by atoms with van der Waals surface area (Å²) in [5.74, 6) is -1.31. The quantitative estimate of drug-likeness (QED) is 0.613. The molecule has 2 aliphatic rings. The first-order valence-corrected chi connectivity index (χ1v) is 11.5. The zero-order valence-electron chi connectivity index (χ0n) is 18.6. The van der Waals surface area contributed by atoms with E-state index < -0.39 is 23.8 Å². The summed E-state index contributed by atoms with van der Waals surface area (Å²) < 4.78 is 14.1. The minimum absolute atomic E-state index is 0.328. The number of amides is 2. The number of para-hydroxylation sites is 1. The van der Waals surface area contributed by atoms with Crippen LogP contribution in [0.3, 0.4) is 0 Å². The minimum atomic E-state index is -1.14. The second kappa shape index (κ2) is 9.47. The van der Waals surface area contributed by atoms with Crippen LogP contribution in [0.1, 0.15) is 40.7 Å². The number of hydrogen-bond donors (Lipinski definition) is 2. The van der Waals surface area contributed by atoms with Crippen LogP contribution in [0.25, 0.3) is 0 Å². The molecule has 3 aromatic carbocycles. The predicted molar refractivity (Wildman–Crippen MR) is 131 cm³/mol. The number of benzodiazepines with no additional fused rings is 1. The average Bonchev–Trinajstić information content (AvgIpc) is 3.01. The van der Waals surface area contributed by atoms with E-state index in [1.54, 1.807) is 0 Å². The monoisotopic (exact) mass is 456 g/mol. The summed E-state index contributed by atoms with van der Waals surface area (Å²) in [6.07, 6.45) is 1.96. The number of nitrogens with one attached hydrogen (secondary N) is 2. The molecule has 0 radical (unpaired) electrons. The van der Waals surface area contributed by atoms with E-state index in [0.717, 1.165) is 43.5 Å². The zero-order chi connectivity index (χ0) is 23.5. The fourth-order valence-corrected chi connectivity index (χ4v) is 4.48. The molecule has 0 spiro atoms. The third-order valence-electron chi connectivity index (χ3n) is 6.16. The molecule has 5 rings (SSSR count). The van der Waals surface area contributed by atoms with Crippen LogP contribution in [0.4, 0.5) is 15.8 Å². The molecular formula is C27H25FN4O2. The van der Waals surface area contributed by atoms with E-state index in [1.165, 1.54) is 18.2 Å². The van der Waals surface area contributed by atoms with E-state index in [0.29, 0.717) is 22.6 Å². The molecule has 2 N–H and O–H groups in total. The lowest BCUT2D eigenvalue weighted by Gasteiger charge is -2.30. The van der Waals surface area contributed by atoms with Gasteiger partial charge in [0.05, 0.1) is 22.6 Å². The van der Waals surface area contributed by atoms with Crippen LogP contribution in [0.2, 0.25) is 0 Å². The number of carbonyl (C=O) groups excluding carboxylic acids is 2. The molecule has 0 aromatic heterocycles. The Morgan fingerprint density at radius 3 is 2.50 bits per heavy atom. The Hall–Kier alpha value is -4.00. The summed E-state index contributed by atoms with van der Waals surface area (Å²) in [6, 6.07) is 21.1. The van der Waals surface area contributed by atoms with Crippen molar-refractivity contribution < 1.29 is 14.0 Å². The molecule has 0 aliphatic carbocycles. The van der Waals surface area contributed by atoms with Gasteiger partial charge in [0.25, 0.3) is 11.8 Å². The average molecular weight is 457 g/mol. The van der Waals surface area contributed by atoms with Crippen LogP contribution in [0, 0.1) is 5.82 Å². The van der Waals surface area contributed by atoms with Crippen molar-refractivity contribution in [3.05, 3.63) is 95.3 Å². The van der Waals surface area contributed by atoms with Crippen molar-refractivity contribution in [3.8, 4) is 0 Å². The lowest BCUT2D eigenvalue weighted by Crippen LogP contribution is -2.43. The van der Waals surface area contributed by atoms with Gasteiger partial charge >= 0.3 is 0 Å². The van der Waals surface area contributed by atoms with Gasteiger partial charge in [-0.3, -0.25) is 9.59 Å². The summed E-state index contributed by atoms with van der Waals surface area (Å²) in [5.41, 5.74) is 3.71. The van der Waals surface area contributed by atoms with E-state index in [-0.39, 0.29) is 0 Å². The summed E-state index contributed by atoms with van der Waals surface area (Å²) in [5, 5.41) is 5.65. The SMILES string of the molecule is O=C(NC1N=C(c2ccccc2)c2ccccc2NC1=O)c1ccc(F)cc1N1CCCCC1. The van der Waals surface area contributed by atoms with Gasteiger partial charge in [0.2, 0.25) is 6.17 Å². The van der Waals surface area contributed by atoms with Gasteiger partial charge in [-0.25, -0.2) is 9.38 Å². The number of hydrogen-bond acceptors (Lipinski definition) is 4. The van der Waals surface area contributed by atoms with Crippen LogP contribution >= 0.6 is 0 Å². The molecular weight excluding hydrogens is 431 g/mol. The Bertz CT molecular complexity index is 1250. The molecule has 6 nitrogen and oxygen atoms in total. The van der Waals surface area contributed by atoms with Gasteiger partial charge in [0.15, 0.2) is 0 Å². The molecule has 0 bridgehead atoms. The smallest absolute Gasteiger partial charge is 0.269 e. The highest BCUT2D eigenvalue weighted by atomic mass is 19.1. The van der Waals surface area contributed by atoms with Crippen molar-refractivity contribution >= 4 is 28.9 Å². The Kier molecular flexibility index (Phi) is 6.08. The molecule has 3 aromatic rings. The largest absolute Gasteiger partial charge is 0.371 e. The first-order chi connectivity index (χ1) is 16.6. The highest BCUT2D eigenvalue weighted by Gasteiger charge is 2.28. The van der Waals surface area contributed by atoms with Crippen molar-refractivity contribution in [3.63, 3.8) is 0 Å².